The Morgan fingerprint density at radius 2 is 1.52 bits per heavy atom. The molecule has 1 N–H and O–H groups in total. The van der Waals surface area contributed by atoms with Gasteiger partial charge in [0.05, 0.1) is 10.6 Å². The Bertz CT molecular complexity index is 1460. The first kappa shape index (κ1) is 31.9. The van der Waals surface area contributed by atoms with Crippen LogP contribution in [0.3, 0.4) is 0 Å². The number of sulfonamides is 1. The van der Waals surface area contributed by atoms with Gasteiger partial charge in [0.2, 0.25) is 11.8 Å². The van der Waals surface area contributed by atoms with Gasteiger partial charge in [-0.15, -0.1) is 0 Å². The Morgan fingerprint density at radius 3 is 2.12 bits per heavy atom. The van der Waals surface area contributed by atoms with Gasteiger partial charge in [0.15, 0.2) is 0 Å². The van der Waals surface area contributed by atoms with Gasteiger partial charge in [-0.25, -0.2) is 8.42 Å². The molecular weight excluding hydrogens is 593 g/mol. The predicted octanol–water partition coefficient (Wildman–Crippen LogP) is 6.75. The van der Waals surface area contributed by atoms with Gasteiger partial charge in [-0.2, -0.15) is 0 Å². The van der Waals surface area contributed by atoms with Gasteiger partial charge in [-0.05, 0) is 62.6 Å². The quantitative estimate of drug-likeness (QED) is 0.254. The molecule has 2 amide bonds. The molecule has 1 unspecified atom stereocenters. The number of anilines is 1. The maximum atomic E-state index is 14.2. The van der Waals surface area contributed by atoms with Crippen molar-refractivity contribution >= 4 is 50.7 Å². The number of carbonyl (C=O) groups is 2. The van der Waals surface area contributed by atoms with Crippen LogP contribution in [0.4, 0.5) is 5.69 Å². The van der Waals surface area contributed by atoms with E-state index in [1.54, 1.807) is 60.7 Å². The normalized spacial score (nSPS) is 14.7. The summed E-state index contributed by atoms with van der Waals surface area (Å²) in [7, 11) is -4.13. The highest BCUT2D eigenvalue weighted by Gasteiger charge is 2.35. The Hall–Kier alpha value is -3.07. The number of hydrogen-bond acceptors (Lipinski definition) is 4. The summed E-state index contributed by atoms with van der Waals surface area (Å²) >= 11 is 13.0. The van der Waals surface area contributed by atoms with Gasteiger partial charge in [-0.1, -0.05) is 91.3 Å². The van der Waals surface area contributed by atoms with Gasteiger partial charge in [0.25, 0.3) is 10.0 Å². The number of amides is 2. The van der Waals surface area contributed by atoms with Crippen LogP contribution < -0.4 is 9.62 Å². The van der Waals surface area contributed by atoms with Crippen LogP contribution in [0, 0.1) is 6.92 Å². The van der Waals surface area contributed by atoms with Crippen LogP contribution in [0.15, 0.2) is 77.7 Å². The molecule has 1 aliphatic carbocycles. The maximum absolute atomic E-state index is 14.2. The molecule has 0 radical (unpaired) electrons. The lowest BCUT2D eigenvalue weighted by Gasteiger charge is -2.34. The monoisotopic (exact) mass is 629 g/mol. The van der Waals surface area contributed by atoms with E-state index in [1.165, 1.54) is 17.0 Å². The molecule has 0 bridgehead atoms. The third-order valence-corrected chi connectivity index (χ3v) is 10.2. The smallest absolute Gasteiger partial charge is 0.264 e. The average molecular weight is 631 g/mol. The van der Waals surface area contributed by atoms with Crippen molar-refractivity contribution in [3.63, 3.8) is 0 Å². The fraction of sp³-hybridized carbons (Fsp3) is 0.375. The predicted molar refractivity (Wildman–Crippen MR) is 168 cm³/mol. The lowest BCUT2D eigenvalue weighted by atomic mass is 9.95. The highest BCUT2D eigenvalue weighted by molar-refractivity contribution is 7.92. The van der Waals surface area contributed by atoms with E-state index in [1.807, 2.05) is 13.8 Å². The zero-order valence-electron chi connectivity index (χ0n) is 23.9. The zero-order valence-corrected chi connectivity index (χ0v) is 26.3. The second kappa shape index (κ2) is 14.4. The lowest BCUT2D eigenvalue weighted by molar-refractivity contribution is -0.140. The van der Waals surface area contributed by atoms with E-state index in [0.29, 0.717) is 27.7 Å². The Morgan fingerprint density at radius 1 is 0.905 bits per heavy atom. The maximum Gasteiger partial charge on any atom is 0.264 e. The van der Waals surface area contributed by atoms with E-state index in [9.17, 15) is 18.0 Å². The molecule has 10 heteroatoms. The molecule has 0 aromatic heterocycles. The van der Waals surface area contributed by atoms with Crippen molar-refractivity contribution in [2.45, 2.75) is 75.9 Å². The fourth-order valence-corrected chi connectivity index (χ4v) is 7.21. The Labute approximate surface area is 258 Å². The van der Waals surface area contributed by atoms with Crippen LogP contribution >= 0.6 is 23.2 Å². The molecule has 1 saturated carbocycles. The summed E-state index contributed by atoms with van der Waals surface area (Å²) in [4.78, 5) is 29.4. The standard InChI is InChI=1S/C32H37Cl2N3O4S/c1-3-30(32(39)35-24-11-6-4-7-12-24)36(21-27-28(33)15-10-16-29(27)34)31(38)22-37(25-13-8-5-9-14-25)42(40,41)26-19-17-23(2)18-20-26/h5,8-10,13-20,24,30H,3-4,6-7,11-12,21-22H2,1-2H3,(H,35,39). The number of rotatable bonds is 11. The van der Waals surface area contributed by atoms with Gasteiger partial charge >= 0.3 is 0 Å². The molecule has 3 aromatic carbocycles. The molecular formula is C32H37Cl2N3O4S. The van der Waals surface area contributed by atoms with E-state index in [4.69, 9.17) is 23.2 Å². The van der Waals surface area contributed by atoms with Gasteiger partial charge in [0.1, 0.15) is 12.6 Å². The Kier molecular flexibility index (Phi) is 10.9. The van der Waals surface area contributed by atoms with Crippen molar-refractivity contribution in [2.75, 3.05) is 10.8 Å². The van der Waals surface area contributed by atoms with Crippen molar-refractivity contribution in [1.29, 1.82) is 0 Å². The molecule has 1 fully saturated rings. The number of aryl methyl sites for hydroxylation is 1. The second-order valence-corrected chi connectivity index (χ2v) is 13.3. The first-order chi connectivity index (χ1) is 20.1. The molecule has 0 spiro atoms. The summed E-state index contributed by atoms with van der Waals surface area (Å²) in [5, 5.41) is 3.85. The van der Waals surface area contributed by atoms with Crippen LogP contribution in [0.1, 0.15) is 56.6 Å². The summed E-state index contributed by atoms with van der Waals surface area (Å²) in [6.07, 6.45) is 5.34. The highest BCUT2D eigenvalue weighted by atomic mass is 35.5. The number of nitrogens with one attached hydrogen (secondary N) is 1. The molecule has 42 heavy (non-hydrogen) atoms. The fourth-order valence-electron chi connectivity index (χ4n) is 5.28. The minimum atomic E-state index is -4.13. The summed E-state index contributed by atoms with van der Waals surface area (Å²) in [5.41, 5.74) is 1.74. The van der Waals surface area contributed by atoms with Crippen LogP contribution in [0.25, 0.3) is 0 Å². The van der Waals surface area contributed by atoms with E-state index >= 15 is 0 Å². The topological polar surface area (TPSA) is 86.8 Å². The number of hydrogen-bond donors (Lipinski definition) is 1. The van der Waals surface area contributed by atoms with E-state index in [2.05, 4.69) is 5.32 Å². The average Bonchev–Trinajstić information content (AvgIpc) is 2.98. The first-order valence-corrected chi connectivity index (χ1v) is 16.5. The molecule has 1 aliphatic rings. The van der Waals surface area contributed by atoms with Crippen LogP contribution in [-0.2, 0) is 26.2 Å². The molecule has 0 saturated heterocycles. The van der Waals surface area contributed by atoms with Crippen molar-refractivity contribution in [1.82, 2.24) is 10.2 Å². The summed E-state index contributed by atoms with van der Waals surface area (Å²) in [6.45, 7) is 3.13. The third-order valence-electron chi connectivity index (χ3n) is 7.66. The van der Waals surface area contributed by atoms with Gasteiger partial charge in [0, 0.05) is 28.2 Å². The first-order valence-electron chi connectivity index (χ1n) is 14.3. The van der Waals surface area contributed by atoms with E-state index < -0.39 is 28.5 Å². The zero-order chi connectivity index (χ0) is 30.3. The third kappa shape index (κ3) is 7.65. The van der Waals surface area contributed by atoms with Gasteiger partial charge < -0.3 is 10.2 Å². The minimum absolute atomic E-state index is 0.0453. The molecule has 1 atom stereocenters. The second-order valence-electron chi connectivity index (χ2n) is 10.6. The molecule has 4 rings (SSSR count). The van der Waals surface area contributed by atoms with Crippen molar-refractivity contribution < 1.29 is 18.0 Å². The summed E-state index contributed by atoms with van der Waals surface area (Å²) in [5.74, 6) is -0.815. The molecule has 7 nitrogen and oxygen atoms in total. The van der Waals surface area contributed by atoms with E-state index in [-0.39, 0.29) is 23.4 Å². The number of carbonyl (C=O) groups excluding carboxylic acids is 2. The molecule has 0 aliphatic heterocycles. The van der Waals surface area contributed by atoms with Gasteiger partial charge in [-0.3, -0.25) is 13.9 Å². The number of benzene rings is 3. The van der Waals surface area contributed by atoms with Crippen molar-refractivity contribution in [3.8, 4) is 0 Å². The minimum Gasteiger partial charge on any atom is -0.352 e. The van der Waals surface area contributed by atoms with Crippen molar-refractivity contribution in [2.24, 2.45) is 0 Å². The molecule has 3 aromatic rings. The summed E-state index contributed by atoms with van der Waals surface area (Å²) in [6, 6.07) is 19.2. The van der Waals surface area contributed by atoms with Crippen LogP contribution in [0.2, 0.25) is 10.0 Å². The number of para-hydroxylation sites is 1. The summed E-state index contributed by atoms with van der Waals surface area (Å²) < 4.78 is 29.0. The highest BCUT2D eigenvalue weighted by Crippen LogP contribution is 2.29. The SMILES string of the molecule is CCC(C(=O)NC1CCCCC1)N(Cc1c(Cl)cccc1Cl)C(=O)CN(c1ccccc1)S(=O)(=O)c1ccc(C)cc1. The van der Waals surface area contributed by atoms with E-state index in [0.717, 1.165) is 42.0 Å². The molecule has 224 valence electrons. The number of nitrogens with zero attached hydrogens (tertiary/aromatic N) is 2. The largest absolute Gasteiger partial charge is 0.352 e. The Balaban J connectivity index is 1.72. The molecule has 0 heterocycles. The van der Waals surface area contributed by atoms with Crippen LogP contribution in [0.5, 0.6) is 0 Å². The number of halogens is 2. The lowest BCUT2D eigenvalue weighted by Crippen LogP contribution is -2.54. The van der Waals surface area contributed by atoms with Crippen molar-refractivity contribution in [3.05, 3.63) is 94.0 Å². The van der Waals surface area contributed by atoms with Crippen LogP contribution in [-0.4, -0.2) is 43.8 Å².